The molecule has 0 bridgehead atoms. The molecule has 0 atom stereocenters. The molecule has 3 aromatic rings. The first-order valence-electron chi connectivity index (χ1n) is 12.2. The number of hydrogen-bond donors (Lipinski definition) is 1. The standard InChI is InChI=1S/C28H33BrN2/c1-4-17-13-19-14-24-22-8-5-20(29)15-26(22)30-27(24)28(2,3)25(19)16-23(17)18-9-11-31(12-10-18)21-6-7-21/h5,8,13,15-16,18,21,30H,4,6-7,9-12,14H2,1-3H3. The van der Waals surface area contributed by atoms with Gasteiger partial charge in [0.05, 0.1) is 0 Å². The lowest BCUT2D eigenvalue weighted by Gasteiger charge is -2.37. The summed E-state index contributed by atoms with van der Waals surface area (Å²) in [5.74, 6) is 0.728. The van der Waals surface area contributed by atoms with Crippen LogP contribution in [-0.2, 0) is 18.3 Å². The summed E-state index contributed by atoms with van der Waals surface area (Å²) in [7, 11) is 0. The average molecular weight is 477 g/mol. The lowest BCUT2D eigenvalue weighted by molar-refractivity contribution is 0.203. The minimum atomic E-state index is 0.00412. The Labute approximate surface area is 194 Å². The van der Waals surface area contributed by atoms with Gasteiger partial charge in [-0.2, -0.15) is 0 Å². The molecule has 1 aliphatic heterocycles. The van der Waals surface area contributed by atoms with E-state index >= 15 is 0 Å². The van der Waals surface area contributed by atoms with E-state index in [1.807, 2.05) is 0 Å². The average Bonchev–Trinajstić information content (AvgIpc) is 3.55. The minimum Gasteiger partial charge on any atom is -0.357 e. The number of nitrogens with zero attached hydrogens (tertiary/aromatic N) is 1. The number of H-pyrrole nitrogens is 1. The maximum Gasteiger partial charge on any atom is 0.0470 e. The van der Waals surface area contributed by atoms with Gasteiger partial charge in [-0.25, -0.2) is 0 Å². The molecule has 1 saturated heterocycles. The van der Waals surface area contributed by atoms with Crippen molar-refractivity contribution >= 4 is 26.8 Å². The fourth-order valence-corrected chi connectivity index (χ4v) is 6.77. The summed E-state index contributed by atoms with van der Waals surface area (Å²) in [4.78, 5) is 6.55. The topological polar surface area (TPSA) is 19.0 Å². The van der Waals surface area contributed by atoms with Crippen LogP contribution < -0.4 is 0 Å². The van der Waals surface area contributed by atoms with Crippen molar-refractivity contribution in [2.45, 2.75) is 76.7 Å². The molecule has 2 aromatic carbocycles. The summed E-state index contributed by atoms with van der Waals surface area (Å²) in [6, 6.07) is 12.8. The van der Waals surface area contributed by atoms with Crippen molar-refractivity contribution in [2.75, 3.05) is 13.1 Å². The first kappa shape index (κ1) is 20.1. The Kier molecular flexibility index (Phi) is 4.67. The van der Waals surface area contributed by atoms with E-state index in [0.717, 1.165) is 29.3 Å². The zero-order chi connectivity index (χ0) is 21.3. The molecule has 31 heavy (non-hydrogen) atoms. The molecule has 3 aliphatic rings. The molecule has 0 amide bonds. The summed E-state index contributed by atoms with van der Waals surface area (Å²) >= 11 is 3.65. The number of aromatic nitrogens is 1. The van der Waals surface area contributed by atoms with Gasteiger partial charge < -0.3 is 9.88 Å². The molecular weight excluding hydrogens is 444 g/mol. The van der Waals surface area contributed by atoms with Crippen LogP contribution >= 0.6 is 15.9 Å². The van der Waals surface area contributed by atoms with Crippen molar-refractivity contribution in [1.82, 2.24) is 9.88 Å². The van der Waals surface area contributed by atoms with Gasteiger partial charge in [0.2, 0.25) is 0 Å². The van der Waals surface area contributed by atoms with Gasteiger partial charge in [-0.3, -0.25) is 0 Å². The number of fused-ring (bicyclic) bond motifs is 4. The lowest BCUT2D eigenvalue weighted by Crippen LogP contribution is -2.35. The highest BCUT2D eigenvalue weighted by Crippen LogP contribution is 2.46. The second kappa shape index (κ2) is 7.22. The number of nitrogens with one attached hydrogen (secondary N) is 1. The Morgan fingerprint density at radius 2 is 1.84 bits per heavy atom. The Morgan fingerprint density at radius 1 is 1.06 bits per heavy atom. The minimum absolute atomic E-state index is 0.00412. The summed E-state index contributed by atoms with van der Waals surface area (Å²) in [6.45, 7) is 9.76. The van der Waals surface area contributed by atoms with E-state index in [-0.39, 0.29) is 5.41 Å². The second-order valence-corrected chi connectivity index (χ2v) is 11.5. The Morgan fingerprint density at radius 3 is 2.55 bits per heavy atom. The van der Waals surface area contributed by atoms with Crippen LogP contribution in [0.5, 0.6) is 0 Å². The van der Waals surface area contributed by atoms with Crippen LogP contribution in [0.2, 0.25) is 0 Å². The van der Waals surface area contributed by atoms with Crippen molar-refractivity contribution in [1.29, 1.82) is 0 Å². The molecule has 1 aromatic heterocycles. The monoisotopic (exact) mass is 476 g/mol. The highest BCUT2D eigenvalue weighted by atomic mass is 79.9. The Bertz CT molecular complexity index is 1160. The molecule has 0 unspecified atom stereocenters. The third-order valence-electron chi connectivity index (χ3n) is 8.31. The largest absolute Gasteiger partial charge is 0.357 e. The van der Waals surface area contributed by atoms with Gasteiger partial charge in [-0.1, -0.05) is 54.9 Å². The van der Waals surface area contributed by atoms with Gasteiger partial charge in [0, 0.05) is 38.9 Å². The van der Waals surface area contributed by atoms with Crippen LogP contribution in [-0.4, -0.2) is 29.0 Å². The molecule has 0 spiro atoms. The molecule has 1 saturated carbocycles. The van der Waals surface area contributed by atoms with Crippen LogP contribution in [0, 0.1) is 0 Å². The van der Waals surface area contributed by atoms with Crippen molar-refractivity contribution in [3.63, 3.8) is 0 Å². The van der Waals surface area contributed by atoms with E-state index in [2.05, 4.69) is 76.9 Å². The zero-order valence-electron chi connectivity index (χ0n) is 19.0. The number of benzene rings is 2. The van der Waals surface area contributed by atoms with Gasteiger partial charge in [-0.05, 0) is 91.1 Å². The normalized spacial score (nSPS) is 21.3. The van der Waals surface area contributed by atoms with Crippen molar-refractivity contribution in [3.05, 3.63) is 68.3 Å². The van der Waals surface area contributed by atoms with Gasteiger partial charge in [0.25, 0.3) is 0 Å². The fraction of sp³-hybridized carbons (Fsp3) is 0.500. The SMILES string of the molecule is CCc1cc2c(cc1C1CCN(C3CC3)CC1)C(C)(C)c1[nH]c3cc(Br)ccc3c1C2. The molecule has 0 radical (unpaired) electrons. The first-order chi connectivity index (χ1) is 15.0. The van der Waals surface area contributed by atoms with Crippen molar-refractivity contribution in [2.24, 2.45) is 0 Å². The highest BCUT2D eigenvalue weighted by molar-refractivity contribution is 9.10. The van der Waals surface area contributed by atoms with Crippen LogP contribution in [0.15, 0.2) is 34.8 Å². The summed E-state index contributed by atoms with van der Waals surface area (Å²) < 4.78 is 1.14. The van der Waals surface area contributed by atoms with Gasteiger partial charge in [-0.15, -0.1) is 0 Å². The van der Waals surface area contributed by atoms with E-state index in [0.29, 0.717) is 0 Å². The van der Waals surface area contributed by atoms with Gasteiger partial charge >= 0.3 is 0 Å². The molecule has 2 fully saturated rings. The number of aryl methyl sites for hydroxylation is 1. The second-order valence-electron chi connectivity index (χ2n) is 10.6. The van der Waals surface area contributed by atoms with E-state index in [1.165, 1.54) is 66.5 Å². The molecule has 2 heterocycles. The molecule has 162 valence electrons. The summed E-state index contributed by atoms with van der Waals surface area (Å²) in [6.07, 6.45) is 7.70. The first-order valence-corrected chi connectivity index (χ1v) is 13.0. The number of hydrogen-bond acceptors (Lipinski definition) is 1. The van der Waals surface area contributed by atoms with E-state index < -0.39 is 0 Å². The van der Waals surface area contributed by atoms with Gasteiger partial charge in [0.1, 0.15) is 0 Å². The predicted molar refractivity (Wildman–Crippen MR) is 133 cm³/mol. The predicted octanol–water partition coefficient (Wildman–Crippen LogP) is 7.06. The van der Waals surface area contributed by atoms with E-state index in [9.17, 15) is 0 Å². The lowest BCUT2D eigenvalue weighted by atomic mass is 9.69. The van der Waals surface area contributed by atoms with Crippen LogP contribution in [0.4, 0.5) is 0 Å². The molecule has 6 rings (SSSR count). The van der Waals surface area contributed by atoms with Crippen molar-refractivity contribution < 1.29 is 0 Å². The van der Waals surface area contributed by atoms with Crippen LogP contribution in [0.1, 0.15) is 85.9 Å². The smallest absolute Gasteiger partial charge is 0.0470 e. The van der Waals surface area contributed by atoms with Crippen molar-refractivity contribution in [3.8, 4) is 0 Å². The maximum atomic E-state index is 3.80. The van der Waals surface area contributed by atoms with E-state index in [4.69, 9.17) is 0 Å². The fourth-order valence-electron chi connectivity index (χ4n) is 6.41. The Balaban J connectivity index is 1.41. The number of rotatable bonds is 3. The Hall–Kier alpha value is -1.58. The van der Waals surface area contributed by atoms with Gasteiger partial charge in [0.15, 0.2) is 0 Å². The molecule has 2 nitrogen and oxygen atoms in total. The zero-order valence-corrected chi connectivity index (χ0v) is 20.6. The third-order valence-corrected chi connectivity index (χ3v) is 8.81. The highest BCUT2D eigenvalue weighted by Gasteiger charge is 2.37. The number of piperidine rings is 1. The quantitative estimate of drug-likeness (QED) is 0.428. The van der Waals surface area contributed by atoms with Crippen LogP contribution in [0.3, 0.4) is 0 Å². The number of halogens is 1. The molecular formula is C28H33BrN2. The number of likely N-dealkylation sites (tertiary alicyclic amines) is 1. The summed E-state index contributed by atoms with van der Waals surface area (Å²) in [5.41, 5.74) is 10.5. The molecule has 2 aliphatic carbocycles. The van der Waals surface area contributed by atoms with E-state index in [1.54, 1.807) is 16.7 Å². The molecule has 3 heteroatoms. The summed E-state index contributed by atoms with van der Waals surface area (Å²) in [5, 5.41) is 1.38. The molecule has 1 N–H and O–H groups in total. The van der Waals surface area contributed by atoms with Crippen LogP contribution in [0.25, 0.3) is 10.9 Å². The number of aromatic amines is 1. The third kappa shape index (κ3) is 3.23. The maximum absolute atomic E-state index is 3.80.